The molecular formula is C4H8BN. The van der Waals surface area contributed by atoms with Crippen molar-refractivity contribution in [1.82, 2.24) is 0 Å². The summed E-state index contributed by atoms with van der Waals surface area (Å²) in [4.78, 5) is 3.30. The maximum atomic E-state index is 4.78. The molecule has 32 valence electrons. The molecule has 0 amide bonds. The lowest BCUT2D eigenvalue weighted by molar-refractivity contribution is 1.01. The fraction of sp³-hybridized carbons (Fsp3) is 0.750. The smallest absolute Gasteiger partial charge is 0.258 e. The first-order valence-corrected chi connectivity index (χ1v) is 2.13. The highest BCUT2D eigenvalue weighted by Gasteiger charge is 1.65. The maximum absolute atomic E-state index is 4.78. The molecule has 0 aromatic heterocycles. The lowest BCUT2D eigenvalue weighted by atomic mass is 10.3. The van der Waals surface area contributed by atoms with Crippen LogP contribution in [0.25, 0.3) is 0 Å². The fourth-order valence-electron chi connectivity index (χ4n) is 0.204. The molecule has 0 unspecified atom stereocenters. The SMILES string of the molecule is [B]/N=C/CCC. The molecule has 6 heavy (non-hydrogen) atoms. The molecule has 0 aliphatic carbocycles. The van der Waals surface area contributed by atoms with Crippen molar-refractivity contribution in [1.29, 1.82) is 0 Å². The highest BCUT2D eigenvalue weighted by Crippen LogP contribution is 1.77. The van der Waals surface area contributed by atoms with E-state index in [2.05, 4.69) is 11.8 Å². The van der Waals surface area contributed by atoms with Crippen LogP contribution >= 0.6 is 0 Å². The molecule has 0 saturated heterocycles. The molecule has 0 fully saturated rings. The normalized spacial score (nSPS) is 10.2. The Balaban J connectivity index is 2.66. The zero-order valence-electron chi connectivity index (χ0n) is 4.02. The fourth-order valence-corrected chi connectivity index (χ4v) is 0.204. The van der Waals surface area contributed by atoms with Crippen molar-refractivity contribution < 1.29 is 0 Å². The molecular weight excluding hydrogens is 72.9 g/mol. The van der Waals surface area contributed by atoms with E-state index < -0.39 is 0 Å². The second-order valence-corrected chi connectivity index (χ2v) is 1.12. The molecule has 0 saturated carbocycles. The Kier molecular flexibility index (Phi) is 4.53. The van der Waals surface area contributed by atoms with E-state index >= 15 is 0 Å². The second kappa shape index (κ2) is 4.73. The van der Waals surface area contributed by atoms with Gasteiger partial charge in [0.15, 0.2) is 0 Å². The maximum Gasteiger partial charge on any atom is 0.258 e. The second-order valence-electron chi connectivity index (χ2n) is 1.12. The first-order chi connectivity index (χ1) is 2.91. The number of hydrogen-bond donors (Lipinski definition) is 0. The Bertz CT molecular complexity index is 42.8. The quantitative estimate of drug-likeness (QED) is 0.346. The third-order valence-electron chi connectivity index (χ3n) is 0.523. The zero-order valence-corrected chi connectivity index (χ0v) is 4.02. The van der Waals surface area contributed by atoms with Gasteiger partial charge < -0.3 is 4.90 Å². The van der Waals surface area contributed by atoms with Crippen LogP contribution in [0, 0.1) is 0 Å². The van der Waals surface area contributed by atoms with Gasteiger partial charge in [-0.1, -0.05) is 13.3 Å². The average molecular weight is 80.9 g/mol. The van der Waals surface area contributed by atoms with Gasteiger partial charge in [-0.3, -0.25) is 0 Å². The summed E-state index contributed by atoms with van der Waals surface area (Å²) in [6.07, 6.45) is 3.83. The van der Waals surface area contributed by atoms with Crippen LogP contribution in [0.5, 0.6) is 0 Å². The molecule has 0 spiro atoms. The van der Waals surface area contributed by atoms with Crippen LogP contribution in [-0.4, -0.2) is 14.2 Å². The van der Waals surface area contributed by atoms with Gasteiger partial charge in [0.2, 0.25) is 0 Å². The van der Waals surface area contributed by atoms with Crippen LogP contribution in [0.2, 0.25) is 0 Å². The van der Waals surface area contributed by atoms with Crippen LogP contribution < -0.4 is 0 Å². The van der Waals surface area contributed by atoms with Crippen LogP contribution in [-0.2, 0) is 0 Å². The van der Waals surface area contributed by atoms with E-state index in [1.165, 1.54) is 0 Å². The molecule has 0 bridgehead atoms. The van der Waals surface area contributed by atoms with Gasteiger partial charge in [0.05, 0.1) is 0 Å². The van der Waals surface area contributed by atoms with Gasteiger partial charge in [-0.05, 0) is 12.6 Å². The third-order valence-corrected chi connectivity index (χ3v) is 0.523. The number of rotatable bonds is 2. The van der Waals surface area contributed by atoms with Crippen LogP contribution in [0.1, 0.15) is 19.8 Å². The highest BCUT2D eigenvalue weighted by molar-refractivity contribution is 6.09. The van der Waals surface area contributed by atoms with E-state index in [0.717, 1.165) is 12.8 Å². The molecule has 0 N–H and O–H groups in total. The molecule has 0 heterocycles. The highest BCUT2D eigenvalue weighted by atomic mass is 14.5. The Labute approximate surface area is 39.9 Å². The summed E-state index contributed by atoms with van der Waals surface area (Å²) in [5, 5.41) is 0. The van der Waals surface area contributed by atoms with Crippen LogP contribution in [0.15, 0.2) is 4.90 Å². The van der Waals surface area contributed by atoms with Crippen molar-refractivity contribution in [3.8, 4) is 0 Å². The van der Waals surface area contributed by atoms with Gasteiger partial charge in [0, 0.05) is 0 Å². The van der Waals surface area contributed by atoms with Gasteiger partial charge in [-0.15, -0.1) is 0 Å². The van der Waals surface area contributed by atoms with Crippen molar-refractivity contribution in [2.75, 3.05) is 0 Å². The molecule has 0 aromatic rings. The van der Waals surface area contributed by atoms with Gasteiger partial charge in [-0.2, -0.15) is 0 Å². The van der Waals surface area contributed by atoms with E-state index in [4.69, 9.17) is 7.98 Å². The summed E-state index contributed by atoms with van der Waals surface area (Å²) >= 11 is 0. The molecule has 2 radical (unpaired) electrons. The van der Waals surface area contributed by atoms with Crippen molar-refractivity contribution in [3.05, 3.63) is 0 Å². The average Bonchev–Trinajstić information content (AvgIpc) is 1.61. The summed E-state index contributed by atoms with van der Waals surface area (Å²) in [5.74, 6) is 0. The van der Waals surface area contributed by atoms with Crippen molar-refractivity contribution in [3.63, 3.8) is 0 Å². The number of hydrogen-bond acceptors (Lipinski definition) is 1. The van der Waals surface area contributed by atoms with E-state index in [1.54, 1.807) is 6.21 Å². The predicted molar refractivity (Wildman–Crippen MR) is 29.2 cm³/mol. The molecule has 2 heteroatoms. The molecule has 0 aliphatic rings. The van der Waals surface area contributed by atoms with Gasteiger partial charge in [0.25, 0.3) is 7.98 Å². The van der Waals surface area contributed by atoms with Gasteiger partial charge >= 0.3 is 0 Å². The minimum atomic E-state index is 0.997. The minimum Gasteiger partial charge on any atom is -0.367 e. The largest absolute Gasteiger partial charge is 0.367 e. The van der Waals surface area contributed by atoms with Crippen LogP contribution in [0.4, 0.5) is 0 Å². The number of nitrogens with zero attached hydrogens (tertiary/aromatic N) is 1. The Morgan fingerprint density at radius 2 is 2.50 bits per heavy atom. The van der Waals surface area contributed by atoms with E-state index in [0.29, 0.717) is 0 Å². The standard InChI is InChI=1S/C4H8BN/c1-2-3-4-6-5/h4H,2-3H2,1H3/b6-4+. The zero-order chi connectivity index (χ0) is 4.83. The first kappa shape index (κ1) is 5.73. The summed E-state index contributed by atoms with van der Waals surface area (Å²) in [6, 6.07) is 0. The molecule has 0 aromatic carbocycles. The molecule has 0 aliphatic heterocycles. The molecule has 1 nitrogen and oxygen atoms in total. The topological polar surface area (TPSA) is 12.4 Å². The molecule has 0 atom stereocenters. The molecule has 0 rings (SSSR count). The Morgan fingerprint density at radius 1 is 1.83 bits per heavy atom. The van der Waals surface area contributed by atoms with Crippen molar-refractivity contribution in [2.24, 2.45) is 4.90 Å². The van der Waals surface area contributed by atoms with E-state index in [9.17, 15) is 0 Å². The Morgan fingerprint density at radius 3 is 2.67 bits per heavy atom. The summed E-state index contributed by atoms with van der Waals surface area (Å²) in [7, 11) is 4.78. The van der Waals surface area contributed by atoms with Gasteiger partial charge in [0.1, 0.15) is 0 Å². The minimum absolute atomic E-state index is 0.997. The summed E-state index contributed by atoms with van der Waals surface area (Å²) in [5.41, 5.74) is 0. The lowest BCUT2D eigenvalue weighted by Gasteiger charge is -1.76. The summed E-state index contributed by atoms with van der Waals surface area (Å²) in [6.45, 7) is 2.08. The van der Waals surface area contributed by atoms with Gasteiger partial charge in [-0.25, -0.2) is 0 Å². The monoisotopic (exact) mass is 81.1 g/mol. The Hall–Kier alpha value is -0.265. The first-order valence-electron chi connectivity index (χ1n) is 2.13. The predicted octanol–water partition coefficient (Wildman–Crippen LogP) is 0.941. The third kappa shape index (κ3) is 3.73. The van der Waals surface area contributed by atoms with Crippen molar-refractivity contribution >= 4 is 14.2 Å². The van der Waals surface area contributed by atoms with E-state index in [-0.39, 0.29) is 0 Å². The lowest BCUT2D eigenvalue weighted by Crippen LogP contribution is -1.68. The van der Waals surface area contributed by atoms with Crippen molar-refractivity contribution in [2.45, 2.75) is 19.8 Å². The van der Waals surface area contributed by atoms with Crippen LogP contribution in [0.3, 0.4) is 0 Å². The summed E-state index contributed by atoms with van der Waals surface area (Å²) < 4.78 is 0. The number of unbranched alkanes of at least 4 members (excludes halogenated alkanes) is 1. The van der Waals surface area contributed by atoms with E-state index in [1.807, 2.05) is 0 Å².